The molecule has 0 aliphatic carbocycles. The van der Waals surface area contributed by atoms with Crippen LogP contribution >= 0.6 is 0 Å². The minimum atomic E-state index is -0.956. The highest BCUT2D eigenvalue weighted by Gasteiger charge is 2.23. The van der Waals surface area contributed by atoms with E-state index in [1.807, 2.05) is 6.07 Å². The Bertz CT molecular complexity index is 661. The largest absolute Gasteiger partial charge is 0.478 e. The first-order chi connectivity index (χ1) is 9.65. The summed E-state index contributed by atoms with van der Waals surface area (Å²) in [4.78, 5) is 24.9. The van der Waals surface area contributed by atoms with Gasteiger partial charge in [-0.3, -0.25) is 4.79 Å². The van der Waals surface area contributed by atoms with Crippen LogP contribution in [-0.4, -0.2) is 28.4 Å². The summed E-state index contributed by atoms with van der Waals surface area (Å²) >= 11 is 0. The number of hydrogen-bond acceptors (Lipinski definition) is 3. The molecule has 1 aliphatic heterocycles. The number of furan rings is 1. The molecule has 0 saturated carbocycles. The first kappa shape index (κ1) is 12.5. The van der Waals surface area contributed by atoms with E-state index in [0.29, 0.717) is 18.8 Å². The molecule has 5 nitrogen and oxygen atoms in total. The average molecular weight is 271 g/mol. The Labute approximate surface area is 115 Å². The fraction of sp³-hybridized carbons (Fsp3) is 0.200. The SMILES string of the molecule is O=C(O)c1ccc2c(c1)CN(C(=O)c1ccco1)CC2. The zero-order valence-electron chi connectivity index (χ0n) is 10.7. The van der Waals surface area contributed by atoms with Crippen molar-refractivity contribution >= 4 is 11.9 Å². The molecule has 20 heavy (non-hydrogen) atoms. The number of carboxylic acid groups (broad SMARTS) is 1. The molecule has 3 rings (SSSR count). The summed E-state index contributed by atoms with van der Waals surface area (Å²) in [6.07, 6.45) is 2.19. The molecule has 0 unspecified atom stereocenters. The Kier molecular flexibility index (Phi) is 3.02. The summed E-state index contributed by atoms with van der Waals surface area (Å²) in [5, 5.41) is 9.02. The normalized spacial score (nSPS) is 13.9. The third-order valence-electron chi connectivity index (χ3n) is 3.48. The van der Waals surface area contributed by atoms with Crippen molar-refractivity contribution in [3.05, 3.63) is 59.0 Å². The molecule has 1 aliphatic rings. The van der Waals surface area contributed by atoms with E-state index in [4.69, 9.17) is 9.52 Å². The number of carbonyl (C=O) groups excluding carboxylic acids is 1. The monoisotopic (exact) mass is 271 g/mol. The summed E-state index contributed by atoms with van der Waals surface area (Å²) in [6.45, 7) is 1.02. The molecule has 0 atom stereocenters. The van der Waals surface area contributed by atoms with Crippen molar-refractivity contribution in [2.45, 2.75) is 13.0 Å². The van der Waals surface area contributed by atoms with Crippen molar-refractivity contribution in [2.75, 3.05) is 6.54 Å². The van der Waals surface area contributed by atoms with Gasteiger partial charge in [0.15, 0.2) is 5.76 Å². The van der Waals surface area contributed by atoms with Crippen LogP contribution in [0.3, 0.4) is 0 Å². The first-order valence-corrected chi connectivity index (χ1v) is 6.33. The van der Waals surface area contributed by atoms with Crippen molar-refractivity contribution in [2.24, 2.45) is 0 Å². The second-order valence-electron chi connectivity index (χ2n) is 4.74. The lowest BCUT2D eigenvalue weighted by Gasteiger charge is -2.28. The topological polar surface area (TPSA) is 70.8 Å². The number of amides is 1. The number of benzene rings is 1. The van der Waals surface area contributed by atoms with Gasteiger partial charge in [-0.25, -0.2) is 4.79 Å². The van der Waals surface area contributed by atoms with Crippen LogP contribution in [0.2, 0.25) is 0 Å². The summed E-state index contributed by atoms with van der Waals surface area (Å²) < 4.78 is 5.11. The zero-order valence-corrected chi connectivity index (χ0v) is 10.7. The summed E-state index contributed by atoms with van der Waals surface area (Å²) in [5.74, 6) is -0.813. The quantitative estimate of drug-likeness (QED) is 0.908. The summed E-state index contributed by atoms with van der Waals surface area (Å²) in [6, 6.07) is 8.37. The lowest BCUT2D eigenvalue weighted by Crippen LogP contribution is -2.35. The van der Waals surface area contributed by atoms with Crippen LogP contribution in [0.15, 0.2) is 41.0 Å². The maximum Gasteiger partial charge on any atom is 0.335 e. The van der Waals surface area contributed by atoms with Crippen LogP contribution < -0.4 is 0 Å². The van der Waals surface area contributed by atoms with Crippen LogP contribution in [0.1, 0.15) is 32.0 Å². The van der Waals surface area contributed by atoms with E-state index in [1.165, 1.54) is 6.26 Å². The van der Waals surface area contributed by atoms with Crippen molar-refractivity contribution < 1.29 is 19.1 Å². The van der Waals surface area contributed by atoms with Gasteiger partial charge in [-0.2, -0.15) is 0 Å². The molecule has 0 fully saturated rings. The predicted molar refractivity (Wildman–Crippen MR) is 70.6 cm³/mol. The number of carboxylic acids is 1. The number of carbonyl (C=O) groups is 2. The molecule has 2 heterocycles. The molecule has 0 bridgehead atoms. The van der Waals surface area contributed by atoms with Gasteiger partial charge in [-0.1, -0.05) is 6.07 Å². The van der Waals surface area contributed by atoms with Crippen LogP contribution in [0.5, 0.6) is 0 Å². The lowest BCUT2D eigenvalue weighted by atomic mass is 9.97. The highest BCUT2D eigenvalue weighted by molar-refractivity contribution is 5.92. The Morgan fingerprint density at radius 1 is 1.20 bits per heavy atom. The number of nitrogens with zero attached hydrogens (tertiary/aromatic N) is 1. The fourth-order valence-corrected chi connectivity index (χ4v) is 2.42. The van der Waals surface area contributed by atoms with Gasteiger partial charge in [0.05, 0.1) is 11.8 Å². The maximum atomic E-state index is 12.2. The average Bonchev–Trinajstić information content (AvgIpc) is 2.99. The number of fused-ring (bicyclic) bond motifs is 1. The third kappa shape index (κ3) is 2.18. The van der Waals surface area contributed by atoms with Gasteiger partial charge < -0.3 is 14.4 Å². The van der Waals surface area contributed by atoms with E-state index in [2.05, 4.69) is 0 Å². The Hall–Kier alpha value is -2.56. The van der Waals surface area contributed by atoms with Crippen molar-refractivity contribution in [3.63, 3.8) is 0 Å². The van der Waals surface area contributed by atoms with E-state index in [1.54, 1.807) is 29.2 Å². The summed E-state index contributed by atoms with van der Waals surface area (Å²) in [7, 11) is 0. The van der Waals surface area contributed by atoms with Gasteiger partial charge in [-0.15, -0.1) is 0 Å². The van der Waals surface area contributed by atoms with E-state index in [0.717, 1.165) is 17.5 Å². The molecule has 0 spiro atoms. The van der Waals surface area contributed by atoms with Crippen molar-refractivity contribution in [1.82, 2.24) is 4.90 Å². The third-order valence-corrected chi connectivity index (χ3v) is 3.48. The van der Waals surface area contributed by atoms with Crippen LogP contribution in [0.4, 0.5) is 0 Å². The van der Waals surface area contributed by atoms with Crippen molar-refractivity contribution in [1.29, 1.82) is 0 Å². The summed E-state index contributed by atoms with van der Waals surface area (Å²) in [5.41, 5.74) is 2.23. The minimum Gasteiger partial charge on any atom is -0.478 e. The molecule has 102 valence electrons. The second-order valence-corrected chi connectivity index (χ2v) is 4.74. The molecule has 2 aromatic rings. The standard InChI is InChI=1S/C15H13NO4/c17-14(13-2-1-7-20-13)16-6-5-10-3-4-11(15(18)19)8-12(10)9-16/h1-4,7-8H,5-6,9H2,(H,18,19). The maximum absolute atomic E-state index is 12.2. The Morgan fingerprint density at radius 3 is 2.75 bits per heavy atom. The highest BCUT2D eigenvalue weighted by atomic mass is 16.4. The molecule has 5 heteroatoms. The lowest BCUT2D eigenvalue weighted by molar-refractivity contribution is 0.0696. The van der Waals surface area contributed by atoms with Gasteiger partial charge in [0.2, 0.25) is 0 Å². The molecular formula is C15H13NO4. The number of rotatable bonds is 2. The van der Waals surface area contributed by atoms with Gasteiger partial charge in [0.25, 0.3) is 5.91 Å². The Balaban J connectivity index is 1.85. The molecule has 1 N–H and O–H groups in total. The van der Waals surface area contributed by atoms with Gasteiger partial charge in [0, 0.05) is 13.1 Å². The van der Waals surface area contributed by atoms with E-state index in [9.17, 15) is 9.59 Å². The molecule has 0 radical (unpaired) electrons. The smallest absolute Gasteiger partial charge is 0.335 e. The second kappa shape index (κ2) is 4.85. The molecule has 0 saturated heterocycles. The highest BCUT2D eigenvalue weighted by Crippen LogP contribution is 2.22. The number of hydrogen-bond donors (Lipinski definition) is 1. The van der Waals surface area contributed by atoms with Crippen LogP contribution in [0, 0.1) is 0 Å². The fourth-order valence-electron chi connectivity index (χ4n) is 2.42. The molecule has 1 amide bonds. The van der Waals surface area contributed by atoms with Crippen LogP contribution in [0.25, 0.3) is 0 Å². The van der Waals surface area contributed by atoms with Crippen molar-refractivity contribution in [3.8, 4) is 0 Å². The van der Waals surface area contributed by atoms with Gasteiger partial charge in [0.1, 0.15) is 0 Å². The van der Waals surface area contributed by atoms with Gasteiger partial charge in [-0.05, 0) is 41.8 Å². The molecule has 1 aromatic carbocycles. The Morgan fingerprint density at radius 2 is 2.05 bits per heavy atom. The van der Waals surface area contributed by atoms with E-state index < -0.39 is 5.97 Å². The number of aromatic carboxylic acids is 1. The van der Waals surface area contributed by atoms with E-state index in [-0.39, 0.29) is 11.5 Å². The van der Waals surface area contributed by atoms with Gasteiger partial charge >= 0.3 is 5.97 Å². The van der Waals surface area contributed by atoms with Crippen LogP contribution in [-0.2, 0) is 13.0 Å². The van der Waals surface area contributed by atoms with E-state index >= 15 is 0 Å². The molecular weight excluding hydrogens is 258 g/mol. The zero-order chi connectivity index (χ0) is 14.1. The predicted octanol–water partition coefficient (Wildman–Crippen LogP) is 2.18. The first-order valence-electron chi connectivity index (χ1n) is 6.33. The minimum absolute atomic E-state index is 0.165. The molecule has 1 aromatic heterocycles.